The Kier molecular flexibility index (Phi) is 6.06. The Bertz CT molecular complexity index is 1070. The van der Waals surface area contributed by atoms with Crippen molar-refractivity contribution < 1.29 is 14.3 Å². The lowest BCUT2D eigenvalue weighted by Gasteiger charge is -2.17. The number of ether oxygens (including phenoxy) is 1. The van der Waals surface area contributed by atoms with Gasteiger partial charge in [0.25, 0.3) is 0 Å². The highest BCUT2D eigenvalue weighted by Crippen LogP contribution is 2.26. The van der Waals surface area contributed by atoms with Crippen molar-refractivity contribution in [1.29, 1.82) is 0 Å². The van der Waals surface area contributed by atoms with Crippen molar-refractivity contribution in [1.82, 2.24) is 15.5 Å². The van der Waals surface area contributed by atoms with Crippen LogP contribution in [0.2, 0.25) is 0 Å². The molecule has 1 fully saturated rings. The molecule has 31 heavy (non-hydrogen) atoms. The number of rotatable bonds is 7. The third kappa shape index (κ3) is 4.96. The second kappa shape index (κ2) is 9.07. The van der Waals surface area contributed by atoms with E-state index >= 15 is 0 Å². The van der Waals surface area contributed by atoms with E-state index in [0.29, 0.717) is 22.5 Å². The van der Waals surface area contributed by atoms with Gasteiger partial charge in [0.1, 0.15) is 5.75 Å². The first-order valence-electron chi connectivity index (χ1n) is 10.6. The molecule has 8 nitrogen and oxygen atoms in total. The maximum atomic E-state index is 12.6. The Labute approximate surface area is 181 Å². The summed E-state index contributed by atoms with van der Waals surface area (Å²) in [6.45, 7) is 5.84. The van der Waals surface area contributed by atoms with Crippen LogP contribution in [-0.4, -0.2) is 47.7 Å². The molecule has 3 aromatic rings. The zero-order valence-electron chi connectivity index (χ0n) is 17.8. The van der Waals surface area contributed by atoms with Crippen LogP contribution in [0.5, 0.6) is 5.75 Å². The summed E-state index contributed by atoms with van der Waals surface area (Å²) < 4.78 is 5.72. The van der Waals surface area contributed by atoms with Gasteiger partial charge in [-0.2, -0.15) is 5.10 Å². The summed E-state index contributed by atoms with van der Waals surface area (Å²) >= 11 is 0. The van der Waals surface area contributed by atoms with Gasteiger partial charge in [0.2, 0.25) is 0 Å². The largest absolute Gasteiger partial charge is 0.485 e. The molecular weight excluding hydrogens is 394 g/mol. The van der Waals surface area contributed by atoms with Gasteiger partial charge in [0, 0.05) is 35.8 Å². The molecule has 8 heteroatoms. The molecule has 1 aromatic heterocycles. The van der Waals surface area contributed by atoms with Gasteiger partial charge in [-0.25, -0.2) is 4.79 Å². The minimum Gasteiger partial charge on any atom is -0.485 e. The van der Waals surface area contributed by atoms with Crippen molar-refractivity contribution in [3.63, 3.8) is 0 Å². The smallest absolute Gasteiger partial charge is 0.320 e. The van der Waals surface area contributed by atoms with Crippen LogP contribution in [0.15, 0.2) is 42.5 Å². The van der Waals surface area contributed by atoms with Crippen LogP contribution in [0.25, 0.3) is 10.9 Å². The lowest BCUT2D eigenvalue weighted by Crippen LogP contribution is -2.34. The molecule has 3 N–H and O–H groups in total. The van der Waals surface area contributed by atoms with E-state index in [0.717, 1.165) is 24.3 Å². The molecule has 1 aliphatic rings. The zero-order valence-corrected chi connectivity index (χ0v) is 17.8. The fourth-order valence-electron chi connectivity index (χ4n) is 3.65. The summed E-state index contributed by atoms with van der Waals surface area (Å²) in [5.74, 6) is 0.848. The van der Waals surface area contributed by atoms with Gasteiger partial charge in [-0.1, -0.05) is 0 Å². The SMILES string of the molecule is CC(C)NC(=O)Nc1n[nH]c2ccc(OCC(=O)c3ccc(N4CCCC4)cc3)cc12. The van der Waals surface area contributed by atoms with Gasteiger partial charge >= 0.3 is 6.03 Å². The van der Waals surface area contributed by atoms with Crippen molar-refractivity contribution in [3.8, 4) is 5.75 Å². The highest BCUT2D eigenvalue weighted by atomic mass is 16.5. The van der Waals surface area contributed by atoms with Crippen molar-refractivity contribution >= 4 is 34.2 Å². The molecule has 0 bridgehead atoms. The fraction of sp³-hybridized carbons (Fsp3) is 0.348. The maximum Gasteiger partial charge on any atom is 0.320 e. The van der Waals surface area contributed by atoms with Crippen molar-refractivity contribution in [2.45, 2.75) is 32.7 Å². The zero-order chi connectivity index (χ0) is 21.8. The van der Waals surface area contributed by atoms with Crippen LogP contribution < -0.4 is 20.3 Å². The number of ketones is 1. The fourth-order valence-corrected chi connectivity index (χ4v) is 3.65. The molecule has 1 aliphatic heterocycles. The van der Waals surface area contributed by atoms with E-state index in [9.17, 15) is 9.59 Å². The normalized spacial score (nSPS) is 13.6. The van der Waals surface area contributed by atoms with Crippen LogP contribution in [-0.2, 0) is 0 Å². The molecule has 0 aliphatic carbocycles. The third-order valence-electron chi connectivity index (χ3n) is 5.22. The van der Waals surface area contributed by atoms with Gasteiger partial charge in [-0.05, 0) is 69.2 Å². The molecule has 162 valence electrons. The van der Waals surface area contributed by atoms with E-state index in [1.807, 2.05) is 38.1 Å². The molecule has 0 radical (unpaired) electrons. The molecule has 2 amide bonds. The number of carbonyl (C=O) groups is 2. The number of hydrogen-bond acceptors (Lipinski definition) is 5. The first-order valence-corrected chi connectivity index (χ1v) is 10.6. The maximum absolute atomic E-state index is 12.6. The number of nitrogens with one attached hydrogen (secondary N) is 3. The third-order valence-corrected chi connectivity index (χ3v) is 5.22. The number of urea groups is 1. The number of aromatic amines is 1. The Balaban J connectivity index is 1.39. The molecule has 2 aromatic carbocycles. The number of H-pyrrole nitrogens is 1. The number of hydrogen-bond donors (Lipinski definition) is 3. The first-order chi connectivity index (χ1) is 15.0. The summed E-state index contributed by atoms with van der Waals surface area (Å²) in [6, 6.07) is 12.7. The molecule has 0 saturated carbocycles. The lowest BCUT2D eigenvalue weighted by molar-refractivity contribution is 0.0921. The molecule has 2 heterocycles. The highest BCUT2D eigenvalue weighted by Gasteiger charge is 2.14. The summed E-state index contributed by atoms with van der Waals surface area (Å²) in [5, 5.41) is 13.2. The molecule has 0 spiro atoms. The average molecular weight is 422 g/mol. The van der Waals surface area contributed by atoms with Crippen LogP contribution in [0.3, 0.4) is 0 Å². The Morgan fingerprint density at radius 1 is 1.13 bits per heavy atom. The second-order valence-electron chi connectivity index (χ2n) is 7.99. The summed E-state index contributed by atoms with van der Waals surface area (Å²) in [7, 11) is 0. The number of anilines is 2. The topological polar surface area (TPSA) is 99.4 Å². The minimum atomic E-state index is -0.331. The number of nitrogens with zero attached hydrogens (tertiary/aromatic N) is 2. The highest BCUT2D eigenvalue weighted by molar-refractivity contribution is 6.00. The van der Waals surface area contributed by atoms with Crippen LogP contribution in [0, 0.1) is 0 Å². The number of amides is 2. The molecule has 0 unspecified atom stereocenters. The van der Waals surface area contributed by atoms with Crippen molar-refractivity contribution in [2.24, 2.45) is 0 Å². The first kappa shape index (κ1) is 20.7. The van der Waals surface area contributed by atoms with E-state index in [4.69, 9.17) is 4.74 Å². The van der Waals surface area contributed by atoms with Gasteiger partial charge in [0.05, 0.1) is 5.52 Å². The number of carbonyl (C=O) groups excluding carboxylic acids is 2. The number of fused-ring (bicyclic) bond motifs is 1. The van der Waals surface area contributed by atoms with Gasteiger partial charge in [-0.15, -0.1) is 0 Å². The number of benzene rings is 2. The van der Waals surface area contributed by atoms with Crippen molar-refractivity contribution in [3.05, 3.63) is 48.0 Å². The standard InChI is InChI=1S/C23H27N5O3/c1-15(2)24-23(30)25-22-19-13-18(9-10-20(19)26-27-22)31-14-21(29)16-5-7-17(8-6-16)28-11-3-4-12-28/h5-10,13,15H,3-4,11-12,14H2,1-2H3,(H3,24,25,26,27,30). The van der Waals surface area contributed by atoms with Crippen LogP contribution in [0.4, 0.5) is 16.3 Å². The molecule has 4 rings (SSSR count). The molecular formula is C23H27N5O3. The Hall–Kier alpha value is -3.55. The predicted octanol–water partition coefficient (Wildman–Crippen LogP) is 3.95. The lowest BCUT2D eigenvalue weighted by atomic mass is 10.1. The Morgan fingerprint density at radius 3 is 2.58 bits per heavy atom. The monoisotopic (exact) mass is 421 g/mol. The van der Waals surface area contributed by atoms with Gasteiger partial charge < -0.3 is 15.0 Å². The van der Waals surface area contributed by atoms with E-state index in [2.05, 4.69) is 25.7 Å². The second-order valence-corrected chi connectivity index (χ2v) is 7.99. The van der Waals surface area contributed by atoms with Gasteiger partial charge in [0.15, 0.2) is 18.2 Å². The summed E-state index contributed by atoms with van der Waals surface area (Å²) in [5.41, 5.74) is 2.54. The average Bonchev–Trinajstić information content (AvgIpc) is 3.42. The minimum absolute atomic E-state index is 0.0135. The molecule has 1 saturated heterocycles. The van der Waals surface area contributed by atoms with E-state index in [-0.39, 0.29) is 24.5 Å². The number of aromatic nitrogens is 2. The van der Waals surface area contributed by atoms with E-state index in [1.54, 1.807) is 18.2 Å². The number of Topliss-reactive ketones (excluding diaryl/α,β-unsaturated/α-hetero) is 1. The summed E-state index contributed by atoms with van der Waals surface area (Å²) in [4.78, 5) is 26.9. The van der Waals surface area contributed by atoms with Crippen LogP contribution >= 0.6 is 0 Å². The van der Waals surface area contributed by atoms with Crippen molar-refractivity contribution in [2.75, 3.05) is 29.9 Å². The molecule has 0 atom stereocenters. The van der Waals surface area contributed by atoms with Crippen LogP contribution in [0.1, 0.15) is 37.0 Å². The van der Waals surface area contributed by atoms with E-state index in [1.165, 1.54) is 12.8 Å². The van der Waals surface area contributed by atoms with Gasteiger partial charge in [-0.3, -0.25) is 15.2 Å². The summed E-state index contributed by atoms with van der Waals surface area (Å²) in [6.07, 6.45) is 2.43. The van der Waals surface area contributed by atoms with E-state index < -0.39 is 0 Å². The quantitative estimate of drug-likeness (QED) is 0.502. The predicted molar refractivity (Wildman–Crippen MR) is 121 cm³/mol. The Morgan fingerprint density at radius 2 is 1.87 bits per heavy atom.